The van der Waals surface area contributed by atoms with E-state index >= 15 is 0 Å². The van der Waals surface area contributed by atoms with Crippen LogP contribution in [-0.2, 0) is 4.79 Å². The van der Waals surface area contributed by atoms with E-state index in [0.29, 0.717) is 5.56 Å². The number of nitrogens with two attached hydrogens (primary N) is 1. The summed E-state index contributed by atoms with van der Waals surface area (Å²) < 4.78 is 26.5. The first-order chi connectivity index (χ1) is 8.99. The number of rotatable bonds is 3. The number of benzene rings is 2. The van der Waals surface area contributed by atoms with Gasteiger partial charge in [0.15, 0.2) is 6.10 Å². The molecular formula is C14H11F2NO2. The molecule has 1 atom stereocenters. The van der Waals surface area contributed by atoms with Crippen molar-refractivity contribution in [1.29, 1.82) is 0 Å². The molecular weight excluding hydrogens is 252 g/mol. The summed E-state index contributed by atoms with van der Waals surface area (Å²) in [7, 11) is 0. The van der Waals surface area contributed by atoms with Gasteiger partial charge in [0.25, 0.3) is 5.91 Å². The van der Waals surface area contributed by atoms with Crippen LogP contribution in [-0.4, -0.2) is 11.0 Å². The number of aliphatic hydroxyl groups excluding tert-OH is 1. The van der Waals surface area contributed by atoms with Gasteiger partial charge in [-0.15, -0.1) is 0 Å². The largest absolute Gasteiger partial charge is 0.378 e. The van der Waals surface area contributed by atoms with Crippen molar-refractivity contribution in [3.05, 3.63) is 59.7 Å². The number of amides is 1. The van der Waals surface area contributed by atoms with Gasteiger partial charge in [-0.25, -0.2) is 8.78 Å². The van der Waals surface area contributed by atoms with Crippen molar-refractivity contribution in [1.82, 2.24) is 0 Å². The molecule has 0 heterocycles. The summed E-state index contributed by atoms with van der Waals surface area (Å²) in [5.41, 5.74) is 5.75. The maximum atomic E-state index is 13.3. The van der Waals surface area contributed by atoms with Crippen LogP contribution in [0, 0.1) is 11.6 Å². The van der Waals surface area contributed by atoms with Crippen LogP contribution in [0.4, 0.5) is 8.78 Å². The second kappa shape index (κ2) is 5.16. The minimum Gasteiger partial charge on any atom is -0.378 e. The number of halogens is 2. The van der Waals surface area contributed by atoms with Gasteiger partial charge in [0.1, 0.15) is 11.6 Å². The highest BCUT2D eigenvalue weighted by Crippen LogP contribution is 2.29. The van der Waals surface area contributed by atoms with E-state index in [0.717, 1.165) is 12.1 Å². The van der Waals surface area contributed by atoms with Crippen molar-refractivity contribution in [3.63, 3.8) is 0 Å². The summed E-state index contributed by atoms with van der Waals surface area (Å²) in [5.74, 6) is -2.01. The summed E-state index contributed by atoms with van der Waals surface area (Å²) in [6.07, 6.45) is -1.57. The highest BCUT2D eigenvalue weighted by Gasteiger charge is 2.19. The number of carbonyl (C=O) groups excluding carboxylic acids is 1. The normalized spacial score (nSPS) is 12.2. The zero-order valence-corrected chi connectivity index (χ0v) is 9.81. The van der Waals surface area contributed by atoms with Crippen LogP contribution in [0.3, 0.4) is 0 Å². The Balaban J connectivity index is 2.61. The zero-order chi connectivity index (χ0) is 14.0. The third-order valence-corrected chi connectivity index (χ3v) is 2.72. The first-order valence-electron chi connectivity index (χ1n) is 5.52. The molecule has 0 aromatic heterocycles. The highest BCUT2D eigenvalue weighted by molar-refractivity contribution is 5.83. The lowest BCUT2D eigenvalue weighted by molar-refractivity contribution is -0.126. The lowest BCUT2D eigenvalue weighted by Crippen LogP contribution is -2.21. The van der Waals surface area contributed by atoms with Crippen molar-refractivity contribution in [2.24, 2.45) is 5.73 Å². The molecule has 19 heavy (non-hydrogen) atoms. The van der Waals surface area contributed by atoms with Crippen molar-refractivity contribution >= 4 is 5.91 Å². The van der Waals surface area contributed by atoms with Crippen LogP contribution in [0.5, 0.6) is 0 Å². The number of hydrogen-bond donors (Lipinski definition) is 2. The Bertz CT molecular complexity index is 629. The maximum absolute atomic E-state index is 13.3. The van der Waals surface area contributed by atoms with Crippen molar-refractivity contribution in [2.45, 2.75) is 6.10 Å². The predicted octanol–water partition coefficient (Wildman–Crippen LogP) is 2.15. The average Bonchev–Trinajstić information content (AvgIpc) is 2.37. The lowest BCUT2D eigenvalue weighted by atomic mass is 9.95. The monoisotopic (exact) mass is 263 g/mol. The van der Waals surface area contributed by atoms with E-state index in [9.17, 15) is 18.7 Å². The molecule has 0 aliphatic carbocycles. The predicted molar refractivity (Wildman–Crippen MR) is 65.9 cm³/mol. The molecule has 1 amide bonds. The fourth-order valence-electron chi connectivity index (χ4n) is 1.83. The Labute approximate surface area is 108 Å². The third kappa shape index (κ3) is 2.77. The SMILES string of the molecule is NC(=O)C(O)c1ccc(F)cc1-c1cccc(F)c1. The quantitative estimate of drug-likeness (QED) is 0.891. The molecule has 0 aliphatic rings. The van der Waals surface area contributed by atoms with E-state index in [4.69, 9.17) is 5.73 Å². The second-order valence-electron chi connectivity index (χ2n) is 4.05. The molecule has 0 saturated carbocycles. The molecule has 3 N–H and O–H groups in total. The van der Waals surface area contributed by atoms with Crippen molar-refractivity contribution < 1.29 is 18.7 Å². The molecule has 5 heteroatoms. The van der Waals surface area contributed by atoms with Gasteiger partial charge in [-0.3, -0.25) is 4.79 Å². The van der Waals surface area contributed by atoms with Crippen LogP contribution >= 0.6 is 0 Å². The van der Waals surface area contributed by atoms with E-state index in [1.54, 1.807) is 6.07 Å². The van der Waals surface area contributed by atoms with Crippen LogP contribution in [0.15, 0.2) is 42.5 Å². The molecule has 2 rings (SSSR count). The topological polar surface area (TPSA) is 63.3 Å². The minimum absolute atomic E-state index is 0.138. The first-order valence-corrected chi connectivity index (χ1v) is 5.52. The van der Waals surface area contributed by atoms with Gasteiger partial charge >= 0.3 is 0 Å². The molecule has 0 radical (unpaired) electrons. The number of hydrogen-bond acceptors (Lipinski definition) is 2. The Morgan fingerprint density at radius 2 is 1.79 bits per heavy atom. The van der Waals surface area contributed by atoms with Gasteiger partial charge in [0.05, 0.1) is 0 Å². The molecule has 98 valence electrons. The van der Waals surface area contributed by atoms with Gasteiger partial charge in [-0.1, -0.05) is 18.2 Å². The van der Waals surface area contributed by atoms with E-state index < -0.39 is 23.6 Å². The maximum Gasteiger partial charge on any atom is 0.250 e. The van der Waals surface area contributed by atoms with Gasteiger partial charge in [0.2, 0.25) is 0 Å². The molecule has 0 aliphatic heterocycles. The van der Waals surface area contributed by atoms with E-state index in [1.807, 2.05) is 0 Å². The van der Waals surface area contributed by atoms with Gasteiger partial charge < -0.3 is 10.8 Å². The van der Waals surface area contributed by atoms with Crippen LogP contribution in [0.2, 0.25) is 0 Å². The Kier molecular flexibility index (Phi) is 3.57. The third-order valence-electron chi connectivity index (χ3n) is 2.72. The molecule has 0 spiro atoms. The fraction of sp³-hybridized carbons (Fsp3) is 0.0714. The van der Waals surface area contributed by atoms with E-state index in [1.165, 1.54) is 24.3 Å². The summed E-state index contributed by atoms with van der Waals surface area (Å²) in [5, 5.41) is 9.71. The Hall–Kier alpha value is -2.27. The number of primary amides is 1. The zero-order valence-electron chi connectivity index (χ0n) is 9.81. The van der Waals surface area contributed by atoms with Crippen LogP contribution in [0.1, 0.15) is 11.7 Å². The fourth-order valence-corrected chi connectivity index (χ4v) is 1.83. The second-order valence-corrected chi connectivity index (χ2v) is 4.05. The minimum atomic E-state index is -1.57. The van der Waals surface area contributed by atoms with Gasteiger partial charge in [0, 0.05) is 0 Å². The molecule has 0 fully saturated rings. The van der Waals surface area contributed by atoms with Crippen LogP contribution < -0.4 is 5.73 Å². The number of aliphatic hydroxyl groups is 1. The molecule has 2 aromatic rings. The van der Waals surface area contributed by atoms with Gasteiger partial charge in [-0.2, -0.15) is 0 Å². The smallest absolute Gasteiger partial charge is 0.250 e. The van der Waals surface area contributed by atoms with E-state index in [2.05, 4.69) is 0 Å². The summed E-state index contributed by atoms with van der Waals surface area (Å²) in [6, 6.07) is 8.91. The first kappa shape index (κ1) is 13.2. The Morgan fingerprint density at radius 3 is 2.42 bits per heavy atom. The van der Waals surface area contributed by atoms with Crippen molar-refractivity contribution in [3.8, 4) is 11.1 Å². The Morgan fingerprint density at radius 1 is 1.11 bits per heavy atom. The molecule has 0 bridgehead atoms. The number of carbonyl (C=O) groups is 1. The lowest BCUT2D eigenvalue weighted by Gasteiger charge is -2.13. The van der Waals surface area contributed by atoms with Crippen molar-refractivity contribution in [2.75, 3.05) is 0 Å². The molecule has 0 saturated heterocycles. The molecule has 3 nitrogen and oxygen atoms in total. The summed E-state index contributed by atoms with van der Waals surface area (Å²) in [4.78, 5) is 11.0. The highest BCUT2D eigenvalue weighted by atomic mass is 19.1. The van der Waals surface area contributed by atoms with Crippen LogP contribution in [0.25, 0.3) is 11.1 Å². The van der Waals surface area contributed by atoms with E-state index in [-0.39, 0.29) is 11.1 Å². The summed E-state index contributed by atoms with van der Waals surface area (Å²) >= 11 is 0. The van der Waals surface area contributed by atoms with Gasteiger partial charge in [-0.05, 0) is 41.0 Å². The molecule has 1 unspecified atom stereocenters. The molecule has 2 aromatic carbocycles. The average molecular weight is 263 g/mol. The summed E-state index contributed by atoms with van der Waals surface area (Å²) in [6.45, 7) is 0. The standard InChI is InChI=1S/C14H11F2NO2/c15-9-3-1-2-8(6-9)12-7-10(16)4-5-11(12)13(18)14(17)19/h1-7,13,18H,(H2,17,19).